The third-order valence-electron chi connectivity index (χ3n) is 2.93. The number of aromatic nitrogens is 2. The lowest BCUT2D eigenvalue weighted by atomic mass is 10.2. The Morgan fingerprint density at radius 1 is 1.41 bits per heavy atom. The van der Waals surface area contributed by atoms with Gasteiger partial charge in [0, 0.05) is 19.8 Å². The van der Waals surface area contributed by atoms with Crippen LogP contribution in [-0.4, -0.2) is 29.9 Å². The van der Waals surface area contributed by atoms with Crippen molar-refractivity contribution in [1.82, 2.24) is 9.61 Å². The van der Waals surface area contributed by atoms with Gasteiger partial charge in [0.2, 0.25) is 0 Å². The maximum atomic E-state index is 12.2. The lowest BCUT2D eigenvalue weighted by molar-refractivity contribution is 0.474. The lowest BCUT2D eigenvalue weighted by Crippen LogP contribution is -2.19. The van der Waals surface area contributed by atoms with Crippen molar-refractivity contribution in [3.8, 4) is 0 Å². The molecule has 2 aromatic rings. The van der Waals surface area contributed by atoms with Gasteiger partial charge in [-0.05, 0) is 25.0 Å². The van der Waals surface area contributed by atoms with E-state index in [1.807, 2.05) is 36.0 Å². The molecule has 0 saturated carbocycles. The van der Waals surface area contributed by atoms with Gasteiger partial charge in [-0.1, -0.05) is 13.0 Å². The van der Waals surface area contributed by atoms with Gasteiger partial charge in [-0.2, -0.15) is 5.10 Å². The summed E-state index contributed by atoms with van der Waals surface area (Å²) in [6, 6.07) is 6.02. The molecular formula is C13H18FN3. The first kappa shape index (κ1) is 11.9. The largest absolute Gasteiger partial charge is 0.371 e. The first-order chi connectivity index (χ1) is 8.27. The molecule has 0 aliphatic carbocycles. The van der Waals surface area contributed by atoms with Crippen LogP contribution < -0.4 is 4.90 Å². The minimum Gasteiger partial charge on any atom is -0.371 e. The van der Waals surface area contributed by atoms with Gasteiger partial charge in [0.1, 0.15) is 0 Å². The summed E-state index contributed by atoms with van der Waals surface area (Å²) in [6.45, 7) is 2.54. The highest BCUT2D eigenvalue weighted by molar-refractivity contribution is 5.75. The van der Waals surface area contributed by atoms with Crippen molar-refractivity contribution in [2.75, 3.05) is 25.2 Å². The van der Waals surface area contributed by atoms with E-state index < -0.39 is 0 Å². The van der Waals surface area contributed by atoms with Crippen LogP contribution in [0.15, 0.2) is 24.4 Å². The molecule has 0 fully saturated rings. The van der Waals surface area contributed by atoms with Crippen molar-refractivity contribution in [1.29, 1.82) is 0 Å². The van der Waals surface area contributed by atoms with E-state index in [1.165, 1.54) is 0 Å². The third kappa shape index (κ3) is 2.25. The van der Waals surface area contributed by atoms with Crippen LogP contribution in [0.5, 0.6) is 0 Å². The summed E-state index contributed by atoms with van der Waals surface area (Å²) in [5.74, 6) is 0. The number of aryl methyl sites for hydroxylation is 1. The van der Waals surface area contributed by atoms with Crippen molar-refractivity contribution in [3.63, 3.8) is 0 Å². The van der Waals surface area contributed by atoms with E-state index in [1.54, 1.807) is 0 Å². The van der Waals surface area contributed by atoms with E-state index >= 15 is 0 Å². The minimum absolute atomic E-state index is 0.273. The number of rotatable bonds is 5. The second kappa shape index (κ2) is 5.17. The number of hydrogen-bond acceptors (Lipinski definition) is 2. The van der Waals surface area contributed by atoms with Crippen molar-refractivity contribution in [2.45, 2.75) is 19.8 Å². The standard InChI is InChI=1S/C13H18FN3/c1-3-11-13(16(2)9-6-8-14)12-7-4-5-10-17(12)15-11/h4-5,7,10H,3,6,8-9H2,1-2H3. The average Bonchev–Trinajstić information content (AvgIpc) is 2.74. The molecule has 0 amide bonds. The molecule has 0 saturated heterocycles. The van der Waals surface area contributed by atoms with Gasteiger partial charge < -0.3 is 4.90 Å². The minimum atomic E-state index is -0.273. The molecule has 92 valence electrons. The Kier molecular flexibility index (Phi) is 3.61. The SMILES string of the molecule is CCc1nn2ccccc2c1N(C)CCCF. The van der Waals surface area contributed by atoms with E-state index in [9.17, 15) is 4.39 Å². The highest BCUT2D eigenvalue weighted by atomic mass is 19.1. The van der Waals surface area contributed by atoms with E-state index in [0.29, 0.717) is 6.42 Å². The maximum absolute atomic E-state index is 12.2. The molecule has 0 atom stereocenters. The number of pyridine rings is 1. The Balaban J connectivity index is 2.42. The molecule has 0 aliphatic rings. The van der Waals surface area contributed by atoms with Crippen LogP contribution in [0.4, 0.5) is 10.1 Å². The zero-order valence-corrected chi connectivity index (χ0v) is 10.4. The zero-order chi connectivity index (χ0) is 12.3. The summed E-state index contributed by atoms with van der Waals surface area (Å²) in [5.41, 5.74) is 3.28. The monoisotopic (exact) mass is 235 g/mol. The average molecular weight is 235 g/mol. The van der Waals surface area contributed by atoms with Gasteiger partial charge in [0.15, 0.2) is 0 Å². The third-order valence-corrected chi connectivity index (χ3v) is 2.93. The van der Waals surface area contributed by atoms with E-state index in [2.05, 4.69) is 16.9 Å². The van der Waals surface area contributed by atoms with E-state index in [0.717, 1.165) is 29.9 Å². The summed E-state index contributed by atoms with van der Waals surface area (Å²) >= 11 is 0. The molecule has 0 aliphatic heterocycles. The van der Waals surface area contributed by atoms with E-state index in [-0.39, 0.29) is 6.67 Å². The van der Waals surface area contributed by atoms with Crippen molar-refractivity contribution in [3.05, 3.63) is 30.1 Å². The number of alkyl halides is 1. The summed E-state index contributed by atoms with van der Waals surface area (Å²) in [5, 5.41) is 4.54. The van der Waals surface area contributed by atoms with Gasteiger partial charge in [-0.3, -0.25) is 4.39 Å². The first-order valence-corrected chi connectivity index (χ1v) is 6.01. The summed E-state index contributed by atoms with van der Waals surface area (Å²) in [6.07, 6.45) is 3.39. The van der Waals surface area contributed by atoms with Gasteiger partial charge >= 0.3 is 0 Å². The molecule has 0 aromatic carbocycles. The smallest absolute Gasteiger partial charge is 0.0911 e. The fraction of sp³-hybridized carbons (Fsp3) is 0.462. The van der Waals surface area contributed by atoms with Gasteiger partial charge in [-0.15, -0.1) is 0 Å². The van der Waals surface area contributed by atoms with Crippen LogP contribution in [0.2, 0.25) is 0 Å². The second-order valence-corrected chi connectivity index (χ2v) is 4.14. The molecule has 2 aromatic heterocycles. The molecule has 4 heteroatoms. The summed E-state index contributed by atoms with van der Waals surface area (Å²) < 4.78 is 14.1. The molecule has 17 heavy (non-hydrogen) atoms. The van der Waals surface area contributed by atoms with Crippen molar-refractivity contribution < 1.29 is 4.39 Å². The fourth-order valence-electron chi connectivity index (χ4n) is 2.10. The highest BCUT2D eigenvalue weighted by Crippen LogP contribution is 2.25. The van der Waals surface area contributed by atoms with E-state index in [4.69, 9.17) is 0 Å². The maximum Gasteiger partial charge on any atom is 0.0911 e. The lowest BCUT2D eigenvalue weighted by Gasteiger charge is -2.18. The number of hydrogen-bond donors (Lipinski definition) is 0. The number of nitrogens with zero attached hydrogens (tertiary/aromatic N) is 3. The second-order valence-electron chi connectivity index (χ2n) is 4.14. The Hall–Kier alpha value is -1.58. The molecule has 0 N–H and O–H groups in total. The molecule has 0 bridgehead atoms. The quantitative estimate of drug-likeness (QED) is 0.794. The Morgan fingerprint density at radius 3 is 2.94 bits per heavy atom. The van der Waals surface area contributed by atoms with Gasteiger partial charge in [0.25, 0.3) is 0 Å². The number of anilines is 1. The molecule has 2 rings (SSSR count). The predicted molar refractivity (Wildman–Crippen MR) is 68.4 cm³/mol. The molecule has 0 spiro atoms. The topological polar surface area (TPSA) is 20.5 Å². The molecule has 0 radical (unpaired) electrons. The number of fused-ring (bicyclic) bond motifs is 1. The van der Waals surface area contributed by atoms with Crippen LogP contribution in [0, 0.1) is 0 Å². The van der Waals surface area contributed by atoms with Gasteiger partial charge in [0.05, 0.1) is 23.6 Å². The Bertz CT molecular complexity index is 492. The van der Waals surface area contributed by atoms with Crippen LogP contribution in [0.25, 0.3) is 5.52 Å². The fourth-order valence-corrected chi connectivity index (χ4v) is 2.10. The Morgan fingerprint density at radius 2 is 2.24 bits per heavy atom. The summed E-state index contributed by atoms with van der Waals surface area (Å²) in [4.78, 5) is 2.10. The van der Waals surface area contributed by atoms with Crippen LogP contribution in [0.3, 0.4) is 0 Å². The Labute approximate surface area is 101 Å². The summed E-state index contributed by atoms with van der Waals surface area (Å²) in [7, 11) is 2.00. The van der Waals surface area contributed by atoms with Crippen LogP contribution in [-0.2, 0) is 6.42 Å². The van der Waals surface area contributed by atoms with Gasteiger partial charge in [-0.25, -0.2) is 4.52 Å². The predicted octanol–water partition coefficient (Wildman–Crippen LogP) is 2.69. The van der Waals surface area contributed by atoms with Crippen LogP contribution in [0.1, 0.15) is 19.0 Å². The van der Waals surface area contributed by atoms with Crippen molar-refractivity contribution in [2.24, 2.45) is 0 Å². The number of halogens is 1. The molecular weight excluding hydrogens is 217 g/mol. The molecule has 3 nitrogen and oxygen atoms in total. The zero-order valence-electron chi connectivity index (χ0n) is 10.4. The normalized spacial score (nSPS) is 11.0. The first-order valence-electron chi connectivity index (χ1n) is 6.01. The van der Waals surface area contributed by atoms with Crippen LogP contribution >= 0.6 is 0 Å². The molecule has 0 unspecified atom stereocenters. The highest BCUT2D eigenvalue weighted by Gasteiger charge is 2.14. The van der Waals surface area contributed by atoms with Crippen molar-refractivity contribution >= 4 is 11.2 Å². The molecule has 2 heterocycles.